The molecule has 1 aliphatic rings. The minimum absolute atomic E-state index is 0.173. The van der Waals surface area contributed by atoms with Gasteiger partial charge in [-0.15, -0.1) is 0 Å². The van der Waals surface area contributed by atoms with Crippen LogP contribution in [-0.4, -0.2) is 26.6 Å². The van der Waals surface area contributed by atoms with Gasteiger partial charge in [0.1, 0.15) is 0 Å². The summed E-state index contributed by atoms with van der Waals surface area (Å²) in [5.74, 6) is -0.0326. The highest BCUT2D eigenvalue weighted by Crippen LogP contribution is 2.26. The van der Waals surface area contributed by atoms with Crippen molar-refractivity contribution in [3.05, 3.63) is 59.2 Å². The van der Waals surface area contributed by atoms with Gasteiger partial charge in [0.05, 0.1) is 11.4 Å². The van der Waals surface area contributed by atoms with Crippen molar-refractivity contribution in [1.82, 2.24) is 0 Å². The first-order valence-corrected chi connectivity index (χ1v) is 9.46. The summed E-state index contributed by atoms with van der Waals surface area (Å²) in [6, 6.07) is 12.6. The van der Waals surface area contributed by atoms with Gasteiger partial charge in [-0.1, -0.05) is 23.3 Å². The molecule has 0 atom stereocenters. The molecule has 0 saturated carbocycles. The lowest BCUT2D eigenvalue weighted by Crippen LogP contribution is -2.25. The summed E-state index contributed by atoms with van der Waals surface area (Å²) in [7, 11) is -3.23. The van der Waals surface area contributed by atoms with Crippen LogP contribution >= 0.6 is 0 Å². The molecule has 0 aliphatic carbocycles. The van der Waals surface area contributed by atoms with Crippen molar-refractivity contribution in [3.8, 4) is 0 Å². The van der Waals surface area contributed by atoms with Crippen molar-refractivity contribution in [2.24, 2.45) is 0 Å². The fraction of sp³-hybridized carbons (Fsp3) is 0.278. The highest BCUT2D eigenvalue weighted by molar-refractivity contribution is 7.93. The molecule has 0 unspecified atom stereocenters. The van der Waals surface area contributed by atoms with Crippen LogP contribution in [0.15, 0.2) is 42.5 Å². The monoisotopic (exact) mass is 344 g/mol. The van der Waals surface area contributed by atoms with E-state index in [1.54, 1.807) is 24.3 Å². The number of sulfonamides is 1. The third-order valence-corrected chi connectivity index (χ3v) is 5.84. The van der Waals surface area contributed by atoms with Crippen LogP contribution in [0.3, 0.4) is 0 Å². The molecule has 1 amide bonds. The Kier molecular flexibility index (Phi) is 4.32. The topological polar surface area (TPSA) is 66.5 Å². The largest absolute Gasteiger partial charge is 0.322 e. The lowest BCUT2D eigenvalue weighted by Gasteiger charge is -2.18. The predicted molar refractivity (Wildman–Crippen MR) is 96.1 cm³/mol. The van der Waals surface area contributed by atoms with E-state index in [9.17, 15) is 13.2 Å². The maximum absolute atomic E-state index is 12.4. The normalized spacial score (nSPS) is 16.2. The van der Waals surface area contributed by atoms with Gasteiger partial charge < -0.3 is 5.32 Å². The van der Waals surface area contributed by atoms with E-state index in [-0.39, 0.29) is 11.7 Å². The average Bonchev–Trinajstić information content (AvgIpc) is 2.86. The summed E-state index contributed by atoms with van der Waals surface area (Å²) < 4.78 is 25.5. The minimum atomic E-state index is -3.23. The Hall–Kier alpha value is -2.34. The molecule has 1 heterocycles. The molecule has 1 fully saturated rings. The molecule has 1 saturated heterocycles. The van der Waals surface area contributed by atoms with E-state index >= 15 is 0 Å². The first kappa shape index (κ1) is 16.5. The van der Waals surface area contributed by atoms with Crippen molar-refractivity contribution < 1.29 is 13.2 Å². The van der Waals surface area contributed by atoms with Crippen molar-refractivity contribution in [1.29, 1.82) is 0 Å². The molecule has 1 N–H and O–H groups in total. The van der Waals surface area contributed by atoms with Crippen LogP contribution < -0.4 is 9.62 Å². The standard InChI is InChI=1S/C18H20N2O3S/c1-13-9-14(2)11-15(10-13)18(21)19-16-5-3-6-17(12-16)20-7-4-8-24(20,22)23/h3,5-6,9-12H,4,7-8H2,1-2H3,(H,19,21). The second-order valence-corrected chi connectivity index (χ2v) is 8.14. The van der Waals surface area contributed by atoms with Gasteiger partial charge in [-0.25, -0.2) is 8.42 Å². The second kappa shape index (κ2) is 6.28. The van der Waals surface area contributed by atoms with E-state index in [1.807, 2.05) is 32.0 Å². The SMILES string of the molecule is Cc1cc(C)cc(C(=O)Nc2cccc(N3CCCS3(=O)=O)c2)c1. The Bertz CT molecular complexity index is 871. The van der Waals surface area contributed by atoms with Gasteiger partial charge >= 0.3 is 0 Å². The van der Waals surface area contributed by atoms with Gasteiger partial charge in [-0.3, -0.25) is 9.10 Å². The van der Waals surface area contributed by atoms with Gasteiger partial charge in [0, 0.05) is 17.8 Å². The predicted octanol–water partition coefficient (Wildman–Crippen LogP) is 3.10. The van der Waals surface area contributed by atoms with Crippen LogP contribution in [0.1, 0.15) is 27.9 Å². The van der Waals surface area contributed by atoms with Crippen molar-refractivity contribution in [2.75, 3.05) is 21.9 Å². The van der Waals surface area contributed by atoms with Crippen LogP contribution in [0.5, 0.6) is 0 Å². The number of hydrogen-bond acceptors (Lipinski definition) is 3. The maximum atomic E-state index is 12.4. The van der Waals surface area contributed by atoms with E-state index in [1.165, 1.54) is 4.31 Å². The molecular weight excluding hydrogens is 324 g/mol. The number of aryl methyl sites for hydroxylation is 2. The molecule has 24 heavy (non-hydrogen) atoms. The Labute approximate surface area is 142 Å². The maximum Gasteiger partial charge on any atom is 0.255 e. The molecule has 2 aromatic carbocycles. The van der Waals surface area contributed by atoms with Gasteiger partial charge in [0.15, 0.2) is 0 Å². The molecule has 1 aliphatic heterocycles. The Morgan fingerprint density at radius 2 is 1.79 bits per heavy atom. The third-order valence-electron chi connectivity index (χ3n) is 3.98. The quantitative estimate of drug-likeness (QED) is 0.930. The number of hydrogen-bond donors (Lipinski definition) is 1. The zero-order valence-corrected chi connectivity index (χ0v) is 14.6. The summed E-state index contributed by atoms with van der Waals surface area (Å²) in [4.78, 5) is 12.4. The smallest absolute Gasteiger partial charge is 0.255 e. The zero-order valence-electron chi connectivity index (χ0n) is 13.7. The molecule has 2 aromatic rings. The molecule has 0 radical (unpaired) electrons. The first-order valence-electron chi connectivity index (χ1n) is 7.85. The van der Waals surface area contributed by atoms with Gasteiger partial charge in [-0.2, -0.15) is 0 Å². The van der Waals surface area contributed by atoms with E-state index in [4.69, 9.17) is 0 Å². The summed E-state index contributed by atoms with van der Waals surface area (Å²) in [5, 5.41) is 2.84. The summed E-state index contributed by atoms with van der Waals surface area (Å²) in [5.41, 5.74) is 3.81. The first-order chi connectivity index (χ1) is 11.3. The van der Waals surface area contributed by atoms with Crippen LogP contribution in [-0.2, 0) is 10.0 Å². The van der Waals surface area contributed by atoms with E-state index < -0.39 is 10.0 Å². The summed E-state index contributed by atoms with van der Waals surface area (Å²) >= 11 is 0. The van der Waals surface area contributed by atoms with E-state index in [0.717, 1.165) is 11.1 Å². The molecule has 0 spiro atoms. The zero-order chi connectivity index (χ0) is 17.3. The van der Waals surface area contributed by atoms with Crippen LogP contribution in [0.4, 0.5) is 11.4 Å². The lowest BCUT2D eigenvalue weighted by molar-refractivity contribution is 0.102. The summed E-state index contributed by atoms with van der Waals surface area (Å²) in [6.45, 7) is 4.38. The van der Waals surface area contributed by atoms with Crippen LogP contribution in [0.25, 0.3) is 0 Å². The van der Waals surface area contributed by atoms with Crippen molar-refractivity contribution in [3.63, 3.8) is 0 Å². The third kappa shape index (κ3) is 3.43. The molecular formula is C18H20N2O3S. The number of benzene rings is 2. The van der Waals surface area contributed by atoms with Crippen LogP contribution in [0, 0.1) is 13.8 Å². The number of anilines is 2. The minimum Gasteiger partial charge on any atom is -0.322 e. The van der Waals surface area contributed by atoms with Crippen molar-refractivity contribution >= 4 is 27.3 Å². The fourth-order valence-electron chi connectivity index (χ4n) is 2.98. The number of nitrogens with one attached hydrogen (secondary N) is 1. The molecule has 0 bridgehead atoms. The Balaban J connectivity index is 1.83. The number of amides is 1. The fourth-order valence-corrected chi connectivity index (χ4v) is 4.53. The molecule has 6 heteroatoms. The molecule has 5 nitrogen and oxygen atoms in total. The second-order valence-electron chi connectivity index (χ2n) is 6.12. The van der Waals surface area contributed by atoms with Crippen molar-refractivity contribution in [2.45, 2.75) is 20.3 Å². The Morgan fingerprint density at radius 3 is 2.42 bits per heavy atom. The summed E-state index contributed by atoms with van der Waals surface area (Å²) in [6.07, 6.45) is 0.626. The average molecular weight is 344 g/mol. The highest BCUT2D eigenvalue weighted by Gasteiger charge is 2.28. The molecule has 0 aromatic heterocycles. The number of carbonyl (C=O) groups excluding carboxylic acids is 1. The van der Waals surface area contributed by atoms with Gasteiger partial charge in [0.2, 0.25) is 10.0 Å². The van der Waals surface area contributed by atoms with E-state index in [2.05, 4.69) is 5.32 Å². The molecule has 3 rings (SSSR count). The Morgan fingerprint density at radius 1 is 1.08 bits per heavy atom. The number of rotatable bonds is 3. The van der Waals surface area contributed by atoms with E-state index in [0.29, 0.717) is 29.9 Å². The van der Waals surface area contributed by atoms with Gasteiger partial charge in [0.25, 0.3) is 5.91 Å². The number of nitrogens with zero attached hydrogens (tertiary/aromatic N) is 1. The van der Waals surface area contributed by atoms with Crippen LogP contribution in [0.2, 0.25) is 0 Å². The highest BCUT2D eigenvalue weighted by atomic mass is 32.2. The molecule has 126 valence electrons. The van der Waals surface area contributed by atoms with Gasteiger partial charge in [-0.05, 0) is 50.6 Å². The number of carbonyl (C=O) groups is 1. The lowest BCUT2D eigenvalue weighted by atomic mass is 10.1.